The Morgan fingerprint density at radius 2 is 1.86 bits per heavy atom. The Morgan fingerprint density at radius 3 is 2.48 bits per heavy atom. The molecular formula is C12H8BrClF2N2O2S. The van der Waals surface area contributed by atoms with E-state index >= 15 is 0 Å². The molecule has 0 aromatic heterocycles. The van der Waals surface area contributed by atoms with Crippen molar-refractivity contribution in [3.05, 3.63) is 51.5 Å². The van der Waals surface area contributed by atoms with Crippen molar-refractivity contribution >= 4 is 48.9 Å². The van der Waals surface area contributed by atoms with Gasteiger partial charge in [-0.3, -0.25) is 4.72 Å². The van der Waals surface area contributed by atoms with Gasteiger partial charge in [-0.1, -0.05) is 17.7 Å². The lowest BCUT2D eigenvalue weighted by Gasteiger charge is -2.12. The Morgan fingerprint density at radius 1 is 1.19 bits per heavy atom. The molecule has 0 amide bonds. The van der Waals surface area contributed by atoms with E-state index in [1.165, 1.54) is 18.2 Å². The summed E-state index contributed by atoms with van der Waals surface area (Å²) in [6.45, 7) is 0. The first-order valence-corrected chi connectivity index (χ1v) is 8.09. The Labute approximate surface area is 133 Å². The summed E-state index contributed by atoms with van der Waals surface area (Å²) in [7, 11) is -4.26. The number of rotatable bonds is 3. The van der Waals surface area contributed by atoms with Gasteiger partial charge in [0.2, 0.25) is 0 Å². The quantitative estimate of drug-likeness (QED) is 0.612. The zero-order chi connectivity index (χ0) is 15.8. The standard InChI is InChI=1S/C12H8BrClF2N2O2S/c13-6-4-9(16)11(5-8(6)15)18-21(19,20)12-7(14)2-1-3-10(12)17/h1-5,18H,17H2. The lowest BCUT2D eigenvalue weighted by atomic mass is 10.3. The molecule has 3 N–H and O–H groups in total. The number of sulfonamides is 1. The molecule has 0 fully saturated rings. The number of anilines is 2. The minimum Gasteiger partial charge on any atom is -0.398 e. The maximum Gasteiger partial charge on any atom is 0.265 e. The summed E-state index contributed by atoms with van der Waals surface area (Å²) < 4.78 is 53.3. The molecule has 2 aromatic carbocycles. The van der Waals surface area contributed by atoms with Gasteiger partial charge in [0.25, 0.3) is 10.0 Å². The third-order valence-corrected chi connectivity index (χ3v) is 5.04. The van der Waals surface area contributed by atoms with E-state index < -0.39 is 32.2 Å². The molecule has 0 aliphatic carbocycles. The average Bonchev–Trinajstić information content (AvgIpc) is 2.35. The summed E-state index contributed by atoms with van der Waals surface area (Å²) in [5.41, 5.74) is 4.92. The highest BCUT2D eigenvalue weighted by atomic mass is 79.9. The number of nitrogens with one attached hydrogen (secondary N) is 1. The van der Waals surface area contributed by atoms with Crippen molar-refractivity contribution < 1.29 is 17.2 Å². The van der Waals surface area contributed by atoms with E-state index in [-0.39, 0.29) is 15.2 Å². The molecule has 0 atom stereocenters. The maximum atomic E-state index is 13.7. The van der Waals surface area contributed by atoms with Gasteiger partial charge in [0, 0.05) is 6.07 Å². The van der Waals surface area contributed by atoms with Crippen LogP contribution in [0.2, 0.25) is 5.02 Å². The predicted molar refractivity (Wildman–Crippen MR) is 80.7 cm³/mol. The van der Waals surface area contributed by atoms with Crippen molar-refractivity contribution in [3.8, 4) is 0 Å². The Bertz CT molecular complexity index is 795. The fourth-order valence-corrected chi connectivity index (χ4v) is 3.66. The van der Waals surface area contributed by atoms with Gasteiger partial charge in [-0.15, -0.1) is 0 Å². The van der Waals surface area contributed by atoms with Crippen LogP contribution in [0.4, 0.5) is 20.2 Å². The molecule has 0 bridgehead atoms. The van der Waals surface area contributed by atoms with Gasteiger partial charge in [-0.05, 0) is 34.1 Å². The summed E-state index contributed by atoms with van der Waals surface area (Å²) in [5, 5.41) is -0.125. The van der Waals surface area contributed by atoms with Crippen molar-refractivity contribution in [2.45, 2.75) is 4.90 Å². The minimum absolute atomic E-state index is 0.104. The molecule has 0 aliphatic heterocycles. The van der Waals surface area contributed by atoms with Gasteiger partial charge >= 0.3 is 0 Å². The van der Waals surface area contributed by atoms with Crippen molar-refractivity contribution in [2.24, 2.45) is 0 Å². The fraction of sp³-hybridized carbons (Fsp3) is 0. The van der Waals surface area contributed by atoms with Crippen LogP contribution in [0.15, 0.2) is 39.7 Å². The van der Waals surface area contributed by atoms with E-state index in [1.54, 1.807) is 0 Å². The SMILES string of the molecule is Nc1cccc(Cl)c1S(=O)(=O)Nc1cc(F)c(Br)cc1F. The Hall–Kier alpha value is -1.38. The number of benzene rings is 2. The summed E-state index contributed by atoms with van der Waals surface area (Å²) in [6.07, 6.45) is 0. The van der Waals surface area contributed by atoms with Gasteiger partial charge < -0.3 is 5.73 Å². The third-order valence-electron chi connectivity index (χ3n) is 2.52. The summed E-state index contributed by atoms with van der Waals surface area (Å²) in [6, 6.07) is 5.65. The highest BCUT2D eigenvalue weighted by molar-refractivity contribution is 9.10. The average molecular weight is 398 g/mol. The van der Waals surface area contributed by atoms with E-state index in [0.717, 1.165) is 6.07 Å². The van der Waals surface area contributed by atoms with Crippen molar-refractivity contribution in [1.29, 1.82) is 0 Å². The highest BCUT2D eigenvalue weighted by Gasteiger charge is 2.23. The van der Waals surface area contributed by atoms with Crippen LogP contribution >= 0.6 is 27.5 Å². The lowest BCUT2D eigenvalue weighted by molar-refractivity contribution is 0.592. The lowest BCUT2D eigenvalue weighted by Crippen LogP contribution is -2.16. The van der Waals surface area contributed by atoms with Gasteiger partial charge in [0.15, 0.2) is 0 Å². The smallest absolute Gasteiger partial charge is 0.265 e. The normalized spacial score (nSPS) is 11.4. The van der Waals surface area contributed by atoms with Crippen LogP contribution in [0, 0.1) is 11.6 Å². The number of halogens is 4. The topological polar surface area (TPSA) is 72.2 Å². The Kier molecular flexibility index (Phi) is 4.40. The van der Waals surface area contributed by atoms with E-state index in [4.69, 9.17) is 17.3 Å². The molecule has 9 heteroatoms. The molecule has 0 radical (unpaired) electrons. The van der Waals surface area contributed by atoms with Gasteiger partial charge in [0.05, 0.1) is 20.9 Å². The zero-order valence-corrected chi connectivity index (χ0v) is 13.4. The first-order valence-electron chi connectivity index (χ1n) is 5.43. The molecule has 2 rings (SSSR count). The van der Waals surface area contributed by atoms with Crippen LogP contribution in [0.5, 0.6) is 0 Å². The molecule has 4 nitrogen and oxygen atoms in total. The monoisotopic (exact) mass is 396 g/mol. The first-order chi connectivity index (χ1) is 9.72. The van der Waals surface area contributed by atoms with E-state index in [9.17, 15) is 17.2 Å². The second-order valence-electron chi connectivity index (χ2n) is 4.01. The van der Waals surface area contributed by atoms with Crippen LogP contribution in [0.25, 0.3) is 0 Å². The van der Waals surface area contributed by atoms with Crippen molar-refractivity contribution in [1.82, 2.24) is 0 Å². The van der Waals surface area contributed by atoms with Crippen LogP contribution in [-0.2, 0) is 10.0 Å². The Balaban J connectivity index is 2.50. The molecular weight excluding hydrogens is 390 g/mol. The predicted octanol–water partition coefficient (Wildman–Crippen LogP) is 3.76. The second kappa shape index (κ2) is 5.78. The first kappa shape index (κ1) is 16.0. The summed E-state index contributed by atoms with van der Waals surface area (Å²) >= 11 is 8.60. The zero-order valence-electron chi connectivity index (χ0n) is 10.2. The molecule has 0 aliphatic rings. The van der Waals surface area contributed by atoms with Crippen LogP contribution in [-0.4, -0.2) is 8.42 Å². The van der Waals surface area contributed by atoms with Gasteiger partial charge in [-0.2, -0.15) is 0 Å². The molecule has 0 saturated heterocycles. The summed E-state index contributed by atoms with van der Waals surface area (Å²) in [5.74, 6) is -1.77. The van der Waals surface area contributed by atoms with Gasteiger partial charge in [0.1, 0.15) is 16.5 Å². The molecule has 0 heterocycles. The second-order valence-corrected chi connectivity index (χ2v) is 6.89. The molecule has 112 valence electrons. The van der Waals surface area contributed by atoms with Crippen molar-refractivity contribution in [2.75, 3.05) is 10.5 Å². The molecule has 0 spiro atoms. The van der Waals surface area contributed by atoms with Crippen LogP contribution in [0.1, 0.15) is 0 Å². The molecule has 0 unspecified atom stereocenters. The summed E-state index contributed by atoms with van der Waals surface area (Å²) in [4.78, 5) is -0.394. The van der Waals surface area contributed by atoms with Crippen LogP contribution in [0.3, 0.4) is 0 Å². The number of nitrogen functional groups attached to an aromatic ring is 1. The van der Waals surface area contributed by atoms with E-state index in [0.29, 0.717) is 6.07 Å². The molecule has 21 heavy (non-hydrogen) atoms. The highest BCUT2D eigenvalue weighted by Crippen LogP contribution is 2.30. The number of hydrogen-bond acceptors (Lipinski definition) is 3. The van der Waals surface area contributed by atoms with E-state index in [1.807, 2.05) is 4.72 Å². The largest absolute Gasteiger partial charge is 0.398 e. The maximum absolute atomic E-state index is 13.7. The fourth-order valence-electron chi connectivity index (χ4n) is 1.61. The van der Waals surface area contributed by atoms with E-state index in [2.05, 4.69) is 15.9 Å². The third kappa shape index (κ3) is 3.28. The number of nitrogens with two attached hydrogens (primary N) is 1. The molecule has 0 saturated carbocycles. The van der Waals surface area contributed by atoms with Gasteiger partial charge in [-0.25, -0.2) is 17.2 Å². The minimum atomic E-state index is -4.26. The van der Waals surface area contributed by atoms with Crippen LogP contribution < -0.4 is 10.5 Å². The number of hydrogen-bond donors (Lipinski definition) is 2. The van der Waals surface area contributed by atoms with Crippen molar-refractivity contribution in [3.63, 3.8) is 0 Å². The molecule has 2 aromatic rings.